The van der Waals surface area contributed by atoms with Gasteiger partial charge in [-0.1, -0.05) is 6.07 Å². The van der Waals surface area contributed by atoms with Gasteiger partial charge in [0.15, 0.2) is 0 Å². The average molecular weight is 317 g/mol. The number of amides is 2. The summed E-state index contributed by atoms with van der Waals surface area (Å²) in [5, 5.41) is 6.66. The van der Waals surface area contributed by atoms with Crippen LogP contribution in [0.25, 0.3) is 0 Å². The topological polar surface area (TPSA) is 93.5 Å². The van der Waals surface area contributed by atoms with Crippen molar-refractivity contribution in [3.8, 4) is 5.75 Å². The lowest BCUT2D eigenvalue weighted by molar-refractivity contribution is -0.122. The van der Waals surface area contributed by atoms with Crippen LogP contribution in [0.15, 0.2) is 24.3 Å². The van der Waals surface area contributed by atoms with Crippen LogP contribution in [0.3, 0.4) is 0 Å². The highest BCUT2D eigenvalue weighted by atomic mass is 16.5. The lowest BCUT2D eigenvalue weighted by atomic mass is 10.00. The number of fused-ring (bicyclic) bond motifs is 2. The molecule has 3 rings (SSSR count). The van der Waals surface area contributed by atoms with Gasteiger partial charge in [-0.25, -0.2) is 0 Å². The van der Waals surface area contributed by atoms with Crippen molar-refractivity contribution in [1.82, 2.24) is 10.6 Å². The SMILES string of the molecule is NC(=O)c1cccc(OCCC(=O)NC2CC3CCC(C2)N3)c1. The Morgan fingerprint density at radius 3 is 2.70 bits per heavy atom. The van der Waals surface area contributed by atoms with Gasteiger partial charge in [-0.15, -0.1) is 0 Å². The van der Waals surface area contributed by atoms with Crippen LogP contribution >= 0.6 is 0 Å². The molecule has 2 saturated heterocycles. The fourth-order valence-electron chi connectivity index (χ4n) is 3.48. The zero-order valence-electron chi connectivity index (χ0n) is 13.1. The lowest BCUT2D eigenvalue weighted by Crippen LogP contribution is -2.48. The van der Waals surface area contributed by atoms with E-state index in [9.17, 15) is 9.59 Å². The number of rotatable bonds is 6. The summed E-state index contributed by atoms with van der Waals surface area (Å²) in [5.74, 6) is 0.0742. The zero-order chi connectivity index (χ0) is 16.2. The number of benzene rings is 1. The summed E-state index contributed by atoms with van der Waals surface area (Å²) < 4.78 is 5.53. The highest BCUT2D eigenvalue weighted by Gasteiger charge is 2.33. The van der Waals surface area contributed by atoms with E-state index in [0.29, 0.717) is 29.8 Å². The van der Waals surface area contributed by atoms with Crippen LogP contribution in [0, 0.1) is 0 Å². The van der Waals surface area contributed by atoms with E-state index in [4.69, 9.17) is 10.5 Å². The molecule has 124 valence electrons. The molecule has 2 fully saturated rings. The van der Waals surface area contributed by atoms with Crippen molar-refractivity contribution in [3.05, 3.63) is 29.8 Å². The molecule has 6 nitrogen and oxygen atoms in total. The third-order valence-electron chi connectivity index (χ3n) is 4.55. The van der Waals surface area contributed by atoms with Crippen LogP contribution in [0.4, 0.5) is 0 Å². The zero-order valence-corrected chi connectivity index (χ0v) is 13.1. The summed E-state index contributed by atoms with van der Waals surface area (Å²) in [6.45, 7) is 0.284. The van der Waals surface area contributed by atoms with Crippen molar-refractivity contribution in [3.63, 3.8) is 0 Å². The largest absolute Gasteiger partial charge is 0.493 e. The van der Waals surface area contributed by atoms with Crippen LogP contribution in [-0.2, 0) is 4.79 Å². The molecule has 2 heterocycles. The molecule has 4 N–H and O–H groups in total. The van der Waals surface area contributed by atoms with E-state index in [-0.39, 0.29) is 18.6 Å². The van der Waals surface area contributed by atoms with E-state index in [1.165, 1.54) is 12.8 Å². The number of primary amides is 1. The summed E-state index contributed by atoms with van der Waals surface area (Å²) in [6, 6.07) is 8.07. The Balaban J connectivity index is 1.41. The van der Waals surface area contributed by atoms with E-state index in [1.807, 2.05) is 0 Å². The first-order valence-electron chi connectivity index (χ1n) is 8.18. The lowest BCUT2D eigenvalue weighted by Gasteiger charge is -2.29. The number of hydrogen-bond donors (Lipinski definition) is 3. The van der Waals surface area contributed by atoms with Crippen LogP contribution in [-0.4, -0.2) is 36.5 Å². The summed E-state index contributed by atoms with van der Waals surface area (Å²) in [7, 11) is 0. The quantitative estimate of drug-likeness (QED) is 0.728. The van der Waals surface area contributed by atoms with Crippen LogP contribution < -0.4 is 21.1 Å². The predicted molar refractivity (Wildman–Crippen MR) is 86.2 cm³/mol. The molecule has 2 atom stereocenters. The van der Waals surface area contributed by atoms with Gasteiger partial charge < -0.3 is 21.1 Å². The molecule has 0 aliphatic carbocycles. The monoisotopic (exact) mass is 317 g/mol. The van der Waals surface area contributed by atoms with Gasteiger partial charge in [0.25, 0.3) is 0 Å². The normalized spacial score (nSPS) is 25.8. The molecule has 2 aliphatic rings. The van der Waals surface area contributed by atoms with Gasteiger partial charge in [0.1, 0.15) is 5.75 Å². The second-order valence-electron chi connectivity index (χ2n) is 6.36. The molecule has 0 aromatic heterocycles. The standard InChI is InChI=1S/C17H23N3O3/c18-17(22)11-2-1-3-15(8-11)23-7-6-16(21)20-14-9-12-4-5-13(10-14)19-12/h1-3,8,12-14,19H,4-7,9-10H2,(H2,18,22)(H,20,21). The Labute approximate surface area is 135 Å². The van der Waals surface area contributed by atoms with Crippen LogP contribution in [0.5, 0.6) is 5.75 Å². The number of carbonyl (C=O) groups excluding carboxylic acids is 2. The minimum atomic E-state index is -0.492. The first-order chi connectivity index (χ1) is 11.1. The van der Waals surface area contributed by atoms with Crippen molar-refractivity contribution in [2.45, 2.75) is 50.2 Å². The Hall–Kier alpha value is -2.08. The molecule has 0 radical (unpaired) electrons. The Morgan fingerprint density at radius 1 is 1.26 bits per heavy atom. The van der Waals surface area contributed by atoms with Gasteiger partial charge in [-0.05, 0) is 43.9 Å². The number of ether oxygens (including phenoxy) is 1. The Morgan fingerprint density at radius 2 is 2.00 bits per heavy atom. The molecule has 1 aromatic carbocycles. The van der Waals surface area contributed by atoms with E-state index >= 15 is 0 Å². The summed E-state index contributed by atoms with van der Waals surface area (Å²) in [4.78, 5) is 23.1. The molecular formula is C17H23N3O3. The van der Waals surface area contributed by atoms with Gasteiger partial charge in [0.2, 0.25) is 11.8 Å². The van der Waals surface area contributed by atoms with Crippen LogP contribution in [0.2, 0.25) is 0 Å². The molecule has 1 aromatic rings. The molecule has 0 spiro atoms. The number of hydrogen-bond acceptors (Lipinski definition) is 4. The third kappa shape index (κ3) is 4.22. The van der Waals surface area contributed by atoms with Crippen LogP contribution in [0.1, 0.15) is 42.5 Å². The highest BCUT2D eigenvalue weighted by molar-refractivity contribution is 5.93. The van der Waals surface area contributed by atoms with Crippen molar-refractivity contribution in [2.24, 2.45) is 5.73 Å². The Bertz CT molecular complexity index is 578. The predicted octanol–water partition coefficient (Wildman–Crippen LogP) is 0.954. The van der Waals surface area contributed by atoms with E-state index in [0.717, 1.165) is 12.8 Å². The molecule has 0 saturated carbocycles. The second kappa shape index (κ2) is 7.00. The smallest absolute Gasteiger partial charge is 0.248 e. The van der Waals surface area contributed by atoms with Gasteiger partial charge in [0, 0.05) is 23.7 Å². The second-order valence-corrected chi connectivity index (χ2v) is 6.36. The van der Waals surface area contributed by atoms with Gasteiger partial charge >= 0.3 is 0 Å². The van der Waals surface area contributed by atoms with E-state index < -0.39 is 5.91 Å². The first-order valence-corrected chi connectivity index (χ1v) is 8.18. The summed E-state index contributed by atoms with van der Waals surface area (Å²) in [6.07, 6.45) is 4.78. The van der Waals surface area contributed by atoms with Crippen molar-refractivity contribution >= 4 is 11.8 Å². The average Bonchev–Trinajstić information content (AvgIpc) is 2.86. The first kappa shape index (κ1) is 15.8. The molecule has 23 heavy (non-hydrogen) atoms. The van der Waals surface area contributed by atoms with Gasteiger partial charge in [0.05, 0.1) is 13.0 Å². The van der Waals surface area contributed by atoms with E-state index in [1.54, 1.807) is 24.3 Å². The maximum atomic E-state index is 12.0. The van der Waals surface area contributed by atoms with Crippen molar-refractivity contribution in [1.29, 1.82) is 0 Å². The number of piperidine rings is 1. The minimum Gasteiger partial charge on any atom is -0.493 e. The maximum absolute atomic E-state index is 12.0. The van der Waals surface area contributed by atoms with Gasteiger partial charge in [-0.2, -0.15) is 0 Å². The molecule has 2 unspecified atom stereocenters. The highest BCUT2D eigenvalue weighted by Crippen LogP contribution is 2.26. The molecule has 6 heteroatoms. The maximum Gasteiger partial charge on any atom is 0.248 e. The fraction of sp³-hybridized carbons (Fsp3) is 0.529. The molecule has 2 aliphatic heterocycles. The number of nitrogens with one attached hydrogen (secondary N) is 2. The molecular weight excluding hydrogens is 294 g/mol. The van der Waals surface area contributed by atoms with Gasteiger partial charge in [-0.3, -0.25) is 9.59 Å². The van der Waals surface area contributed by atoms with Crippen molar-refractivity contribution in [2.75, 3.05) is 6.61 Å². The van der Waals surface area contributed by atoms with E-state index in [2.05, 4.69) is 10.6 Å². The number of carbonyl (C=O) groups is 2. The summed E-state index contributed by atoms with van der Waals surface area (Å²) >= 11 is 0. The Kier molecular flexibility index (Phi) is 4.81. The fourth-order valence-corrected chi connectivity index (χ4v) is 3.48. The molecule has 2 amide bonds. The number of nitrogens with two attached hydrogens (primary N) is 1. The summed E-state index contributed by atoms with van der Waals surface area (Å²) in [5.41, 5.74) is 5.63. The third-order valence-corrected chi connectivity index (χ3v) is 4.55. The molecule has 2 bridgehead atoms. The van der Waals surface area contributed by atoms with Crippen molar-refractivity contribution < 1.29 is 14.3 Å². The minimum absolute atomic E-state index is 0.0161.